The van der Waals surface area contributed by atoms with Crippen molar-refractivity contribution in [1.82, 2.24) is 20.2 Å². The highest BCUT2D eigenvalue weighted by Gasteiger charge is 2.20. The molecule has 3 aromatic rings. The van der Waals surface area contributed by atoms with Crippen molar-refractivity contribution < 1.29 is 9.90 Å². The second-order valence-corrected chi connectivity index (χ2v) is 9.26. The van der Waals surface area contributed by atoms with E-state index in [1.807, 2.05) is 42.5 Å². The molecule has 8 heteroatoms. The normalized spacial score (nSPS) is 17.3. The molecule has 168 valence electrons. The maximum Gasteiger partial charge on any atom is 0.261 e. The second-order valence-electron chi connectivity index (χ2n) is 8.18. The van der Waals surface area contributed by atoms with Gasteiger partial charge in [-0.3, -0.25) is 4.79 Å². The Labute approximate surface area is 192 Å². The van der Waals surface area contributed by atoms with Crippen LogP contribution in [0.15, 0.2) is 48.7 Å². The molecule has 3 heterocycles. The van der Waals surface area contributed by atoms with Crippen LogP contribution in [0.5, 0.6) is 0 Å². The van der Waals surface area contributed by atoms with E-state index in [4.69, 9.17) is 0 Å². The number of anilines is 2. The molecule has 32 heavy (non-hydrogen) atoms. The Kier molecular flexibility index (Phi) is 7.14. The van der Waals surface area contributed by atoms with Gasteiger partial charge in [0.15, 0.2) is 0 Å². The molecule has 1 saturated heterocycles. The molecule has 0 saturated carbocycles. The van der Waals surface area contributed by atoms with Gasteiger partial charge in [0.25, 0.3) is 5.91 Å². The first kappa shape index (κ1) is 22.4. The van der Waals surface area contributed by atoms with E-state index in [1.54, 1.807) is 13.1 Å². The molecule has 1 fully saturated rings. The molecule has 0 radical (unpaired) electrons. The van der Waals surface area contributed by atoms with Crippen molar-refractivity contribution in [2.75, 3.05) is 25.5 Å². The summed E-state index contributed by atoms with van der Waals surface area (Å²) in [5.41, 5.74) is 2.38. The van der Waals surface area contributed by atoms with Crippen molar-refractivity contribution in [3.8, 4) is 10.6 Å². The standard InChI is InChI=1S/C24H29N5O2S/c1-16(30)17-5-3-6-18(15-17)27-24-26-13-11-20(28-24)21-8-9-22(32-21)23(31)25-12-10-19-7-4-14-29(19)2/h3,5-6,8-9,11,13,15-16,19,30H,4,7,10,12,14H2,1-2H3,(H,25,31)(H,26,27,28). The molecule has 4 rings (SSSR count). The first-order valence-corrected chi connectivity index (χ1v) is 11.8. The number of aliphatic hydroxyl groups is 1. The molecule has 3 N–H and O–H groups in total. The van der Waals surface area contributed by atoms with Crippen molar-refractivity contribution in [2.24, 2.45) is 0 Å². The lowest BCUT2D eigenvalue weighted by Gasteiger charge is -2.19. The number of hydrogen-bond acceptors (Lipinski definition) is 7. The van der Waals surface area contributed by atoms with Crippen LogP contribution in [-0.4, -0.2) is 52.1 Å². The lowest BCUT2D eigenvalue weighted by atomic mass is 10.1. The van der Waals surface area contributed by atoms with E-state index in [2.05, 4.69) is 32.5 Å². The van der Waals surface area contributed by atoms with Crippen LogP contribution >= 0.6 is 11.3 Å². The number of thiophene rings is 1. The third-order valence-electron chi connectivity index (χ3n) is 5.80. The molecule has 0 bridgehead atoms. The highest BCUT2D eigenvalue weighted by atomic mass is 32.1. The van der Waals surface area contributed by atoms with Crippen LogP contribution in [0.2, 0.25) is 0 Å². The van der Waals surface area contributed by atoms with Gasteiger partial charge in [-0.25, -0.2) is 9.97 Å². The van der Waals surface area contributed by atoms with Gasteiger partial charge in [-0.2, -0.15) is 0 Å². The number of likely N-dealkylation sites (tertiary alicyclic amines) is 1. The van der Waals surface area contributed by atoms with E-state index in [0.717, 1.165) is 34.8 Å². The zero-order valence-electron chi connectivity index (χ0n) is 18.4. The zero-order valence-corrected chi connectivity index (χ0v) is 19.2. The van der Waals surface area contributed by atoms with Crippen LogP contribution < -0.4 is 10.6 Å². The van der Waals surface area contributed by atoms with E-state index in [9.17, 15) is 9.90 Å². The van der Waals surface area contributed by atoms with Gasteiger partial charge in [-0.1, -0.05) is 12.1 Å². The Hall–Kier alpha value is -2.81. The smallest absolute Gasteiger partial charge is 0.261 e. The second kappa shape index (κ2) is 10.2. The minimum atomic E-state index is -0.543. The average molecular weight is 452 g/mol. The molecule has 1 amide bonds. The SMILES string of the molecule is CC(O)c1cccc(Nc2nccc(-c3ccc(C(=O)NCCC4CCCN4C)s3)n2)c1. The van der Waals surface area contributed by atoms with Crippen LogP contribution in [0.4, 0.5) is 11.6 Å². The molecule has 0 spiro atoms. The zero-order chi connectivity index (χ0) is 22.5. The van der Waals surface area contributed by atoms with Crippen LogP contribution in [0.3, 0.4) is 0 Å². The molecule has 1 aromatic carbocycles. The molecular weight excluding hydrogens is 422 g/mol. The summed E-state index contributed by atoms with van der Waals surface area (Å²) in [6, 6.07) is 13.7. The summed E-state index contributed by atoms with van der Waals surface area (Å²) >= 11 is 1.43. The Morgan fingerprint density at radius 3 is 2.97 bits per heavy atom. The van der Waals surface area contributed by atoms with Crippen LogP contribution in [0.1, 0.15) is 47.5 Å². The molecule has 1 aliphatic heterocycles. The van der Waals surface area contributed by atoms with Crippen molar-refractivity contribution in [3.05, 3.63) is 59.1 Å². The summed E-state index contributed by atoms with van der Waals surface area (Å²) in [6.07, 6.45) is 4.59. The average Bonchev–Trinajstić information content (AvgIpc) is 3.44. The van der Waals surface area contributed by atoms with Crippen molar-refractivity contribution in [2.45, 2.75) is 38.3 Å². The van der Waals surface area contributed by atoms with E-state index < -0.39 is 6.10 Å². The molecule has 2 atom stereocenters. The highest BCUT2D eigenvalue weighted by Crippen LogP contribution is 2.28. The quantitative estimate of drug-likeness (QED) is 0.475. The van der Waals surface area contributed by atoms with E-state index in [-0.39, 0.29) is 5.91 Å². The molecule has 7 nitrogen and oxygen atoms in total. The van der Waals surface area contributed by atoms with Gasteiger partial charge in [-0.15, -0.1) is 11.3 Å². The highest BCUT2D eigenvalue weighted by molar-refractivity contribution is 7.17. The topological polar surface area (TPSA) is 90.4 Å². The predicted molar refractivity (Wildman–Crippen MR) is 128 cm³/mol. The first-order valence-electron chi connectivity index (χ1n) is 11.0. The summed E-state index contributed by atoms with van der Waals surface area (Å²) in [6.45, 7) is 3.57. The molecule has 2 aromatic heterocycles. The third kappa shape index (κ3) is 5.51. The van der Waals surface area contributed by atoms with Crippen LogP contribution in [-0.2, 0) is 0 Å². The molecule has 0 aliphatic carbocycles. The number of aliphatic hydroxyl groups excluding tert-OH is 1. The fourth-order valence-corrected chi connectivity index (χ4v) is 4.83. The van der Waals surface area contributed by atoms with Crippen molar-refractivity contribution in [1.29, 1.82) is 0 Å². The lowest BCUT2D eigenvalue weighted by Crippen LogP contribution is -2.31. The van der Waals surface area contributed by atoms with Gasteiger partial charge in [-0.05, 0) is 75.7 Å². The van der Waals surface area contributed by atoms with Crippen LogP contribution in [0, 0.1) is 0 Å². The third-order valence-corrected chi connectivity index (χ3v) is 6.90. The maximum absolute atomic E-state index is 12.6. The van der Waals surface area contributed by atoms with E-state index >= 15 is 0 Å². The fourth-order valence-electron chi connectivity index (χ4n) is 3.94. The van der Waals surface area contributed by atoms with E-state index in [1.165, 1.54) is 24.2 Å². The molecule has 1 aliphatic rings. The van der Waals surface area contributed by atoms with Gasteiger partial charge >= 0.3 is 0 Å². The number of nitrogens with one attached hydrogen (secondary N) is 2. The van der Waals surface area contributed by atoms with Gasteiger partial charge in [0.2, 0.25) is 5.95 Å². The van der Waals surface area contributed by atoms with Crippen LogP contribution in [0.25, 0.3) is 10.6 Å². The Morgan fingerprint density at radius 1 is 1.31 bits per heavy atom. The van der Waals surface area contributed by atoms with Crippen molar-refractivity contribution >= 4 is 28.9 Å². The Balaban J connectivity index is 1.38. The summed E-state index contributed by atoms with van der Waals surface area (Å²) in [5.74, 6) is 0.426. The van der Waals surface area contributed by atoms with Gasteiger partial charge in [0, 0.05) is 24.5 Å². The largest absolute Gasteiger partial charge is 0.389 e. The van der Waals surface area contributed by atoms with Gasteiger partial charge in [0.1, 0.15) is 0 Å². The monoisotopic (exact) mass is 451 g/mol. The number of hydrogen-bond donors (Lipinski definition) is 3. The summed E-state index contributed by atoms with van der Waals surface area (Å²) < 4.78 is 0. The molecule has 2 unspecified atom stereocenters. The number of rotatable bonds is 8. The first-order chi connectivity index (χ1) is 15.5. The maximum atomic E-state index is 12.6. The Bertz CT molecular complexity index is 1070. The molecular formula is C24H29N5O2S. The Morgan fingerprint density at radius 2 is 2.19 bits per heavy atom. The number of carbonyl (C=O) groups excluding carboxylic acids is 1. The van der Waals surface area contributed by atoms with Gasteiger partial charge < -0.3 is 20.6 Å². The number of nitrogens with zero attached hydrogens (tertiary/aromatic N) is 3. The summed E-state index contributed by atoms with van der Waals surface area (Å²) in [4.78, 5) is 25.4. The minimum Gasteiger partial charge on any atom is -0.389 e. The number of carbonyl (C=O) groups is 1. The fraction of sp³-hybridized carbons (Fsp3) is 0.375. The van der Waals surface area contributed by atoms with Gasteiger partial charge in [0.05, 0.1) is 21.6 Å². The minimum absolute atomic E-state index is 0.0377. The lowest BCUT2D eigenvalue weighted by molar-refractivity contribution is 0.0954. The predicted octanol–water partition coefficient (Wildman–Crippen LogP) is 4.22. The van der Waals surface area contributed by atoms with Crippen molar-refractivity contribution in [3.63, 3.8) is 0 Å². The number of aromatic nitrogens is 2. The number of benzene rings is 1. The number of amides is 1. The van der Waals surface area contributed by atoms with E-state index in [0.29, 0.717) is 23.4 Å². The summed E-state index contributed by atoms with van der Waals surface area (Å²) in [7, 11) is 2.15. The summed E-state index contributed by atoms with van der Waals surface area (Å²) in [5, 5.41) is 16.0.